The lowest BCUT2D eigenvalue weighted by atomic mass is 10.2. The molecule has 1 aliphatic rings. The lowest BCUT2D eigenvalue weighted by molar-refractivity contribution is 0.0753. The summed E-state index contributed by atoms with van der Waals surface area (Å²) >= 11 is 12.5. The molecule has 0 radical (unpaired) electrons. The first-order valence-electron chi connectivity index (χ1n) is 6.96. The van der Waals surface area contributed by atoms with Gasteiger partial charge in [-0.25, -0.2) is 4.98 Å². The van der Waals surface area contributed by atoms with Crippen molar-refractivity contribution in [2.75, 3.05) is 7.11 Å². The van der Waals surface area contributed by atoms with Gasteiger partial charge >= 0.3 is 0 Å². The molecule has 1 aliphatic carbocycles. The van der Waals surface area contributed by atoms with Gasteiger partial charge in [0.25, 0.3) is 0 Å². The number of methoxy groups -OCH3 is 1. The molecule has 0 saturated heterocycles. The molecule has 0 N–H and O–H groups in total. The van der Waals surface area contributed by atoms with E-state index in [0.29, 0.717) is 6.04 Å². The van der Waals surface area contributed by atoms with Crippen LogP contribution in [0, 0.1) is 0 Å². The lowest BCUT2D eigenvalue weighted by Crippen LogP contribution is -2.22. The molecule has 108 valence electrons. The SMILES string of the molecule is COC1CCCC1n1c(C(C)Cl)nc2ccc(Cl)cc21. The number of aromatic nitrogens is 2. The zero-order valence-corrected chi connectivity index (χ0v) is 13.2. The largest absolute Gasteiger partial charge is 0.379 e. The number of ether oxygens (including phenoxy) is 1. The number of benzene rings is 1. The highest BCUT2D eigenvalue weighted by Crippen LogP contribution is 2.38. The molecule has 1 saturated carbocycles. The first-order chi connectivity index (χ1) is 9.61. The zero-order chi connectivity index (χ0) is 14.3. The summed E-state index contributed by atoms with van der Waals surface area (Å²) < 4.78 is 7.87. The van der Waals surface area contributed by atoms with E-state index in [2.05, 4.69) is 9.55 Å². The number of fused-ring (bicyclic) bond motifs is 1. The molecule has 1 fully saturated rings. The van der Waals surface area contributed by atoms with Crippen molar-refractivity contribution in [3.05, 3.63) is 29.0 Å². The summed E-state index contributed by atoms with van der Waals surface area (Å²) in [4.78, 5) is 4.68. The van der Waals surface area contributed by atoms with E-state index in [1.54, 1.807) is 7.11 Å². The van der Waals surface area contributed by atoms with Crippen LogP contribution < -0.4 is 0 Å². The Hall–Kier alpha value is -0.770. The van der Waals surface area contributed by atoms with Crippen molar-refractivity contribution < 1.29 is 4.74 Å². The minimum absolute atomic E-state index is 0.140. The van der Waals surface area contributed by atoms with Crippen molar-refractivity contribution in [1.29, 1.82) is 0 Å². The molecule has 1 aromatic heterocycles. The van der Waals surface area contributed by atoms with Gasteiger partial charge in [-0.1, -0.05) is 11.6 Å². The van der Waals surface area contributed by atoms with Crippen molar-refractivity contribution >= 4 is 34.2 Å². The summed E-state index contributed by atoms with van der Waals surface area (Å²) in [5, 5.41) is 0.582. The quantitative estimate of drug-likeness (QED) is 0.766. The molecule has 0 spiro atoms. The van der Waals surface area contributed by atoms with Crippen LogP contribution in [0.1, 0.15) is 43.4 Å². The topological polar surface area (TPSA) is 27.1 Å². The Balaban J connectivity index is 2.20. The highest BCUT2D eigenvalue weighted by Gasteiger charge is 2.32. The maximum absolute atomic E-state index is 6.33. The van der Waals surface area contributed by atoms with Crippen LogP contribution in [0.4, 0.5) is 0 Å². The summed E-state index contributed by atoms with van der Waals surface area (Å²) in [6.07, 6.45) is 3.56. The molecule has 1 aromatic carbocycles. The molecule has 20 heavy (non-hydrogen) atoms. The second-order valence-corrected chi connectivity index (χ2v) is 6.45. The third-order valence-corrected chi connectivity index (χ3v) is 4.52. The number of hydrogen-bond donors (Lipinski definition) is 0. The van der Waals surface area contributed by atoms with Gasteiger partial charge in [0.2, 0.25) is 0 Å². The summed E-state index contributed by atoms with van der Waals surface area (Å²) in [5.74, 6) is 0.901. The highest BCUT2D eigenvalue weighted by atomic mass is 35.5. The normalized spacial score (nSPS) is 24.4. The Morgan fingerprint density at radius 2 is 2.20 bits per heavy atom. The molecule has 3 atom stereocenters. The monoisotopic (exact) mass is 312 g/mol. The molecule has 5 heteroatoms. The van der Waals surface area contributed by atoms with Crippen LogP contribution in [-0.4, -0.2) is 22.8 Å². The summed E-state index contributed by atoms with van der Waals surface area (Å²) in [7, 11) is 1.78. The third kappa shape index (κ3) is 2.32. The van der Waals surface area contributed by atoms with Gasteiger partial charge in [0, 0.05) is 12.1 Å². The van der Waals surface area contributed by atoms with E-state index in [-0.39, 0.29) is 11.5 Å². The van der Waals surface area contributed by atoms with E-state index in [0.717, 1.165) is 34.7 Å². The maximum Gasteiger partial charge on any atom is 0.128 e. The number of imidazole rings is 1. The average molecular weight is 313 g/mol. The number of halogens is 2. The van der Waals surface area contributed by atoms with Crippen LogP contribution in [0.15, 0.2) is 18.2 Å². The second-order valence-electron chi connectivity index (χ2n) is 5.36. The van der Waals surface area contributed by atoms with Gasteiger partial charge in [-0.2, -0.15) is 0 Å². The van der Waals surface area contributed by atoms with Crippen LogP contribution in [0.3, 0.4) is 0 Å². The maximum atomic E-state index is 6.33. The Bertz CT molecular complexity index is 624. The van der Waals surface area contributed by atoms with Gasteiger partial charge < -0.3 is 9.30 Å². The minimum Gasteiger partial charge on any atom is -0.379 e. The molecule has 0 aliphatic heterocycles. The molecule has 3 rings (SSSR count). The summed E-state index contributed by atoms with van der Waals surface area (Å²) in [6.45, 7) is 1.96. The number of hydrogen-bond acceptors (Lipinski definition) is 2. The fraction of sp³-hybridized carbons (Fsp3) is 0.533. The van der Waals surface area contributed by atoms with E-state index < -0.39 is 0 Å². The second kappa shape index (κ2) is 5.55. The first-order valence-corrected chi connectivity index (χ1v) is 7.77. The van der Waals surface area contributed by atoms with Gasteiger partial charge in [-0.3, -0.25) is 0 Å². The van der Waals surface area contributed by atoms with Crippen LogP contribution in [0.25, 0.3) is 11.0 Å². The van der Waals surface area contributed by atoms with E-state index >= 15 is 0 Å². The Morgan fingerprint density at radius 1 is 1.40 bits per heavy atom. The molecule has 3 nitrogen and oxygen atoms in total. The van der Waals surface area contributed by atoms with Gasteiger partial charge in [-0.05, 0) is 44.4 Å². The molecular weight excluding hydrogens is 295 g/mol. The lowest BCUT2D eigenvalue weighted by Gasteiger charge is -2.23. The fourth-order valence-corrected chi connectivity index (χ4v) is 3.51. The fourth-order valence-electron chi connectivity index (χ4n) is 3.19. The number of nitrogens with zero attached hydrogens (tertiary/aromatic N) is 2. The van der Waals surface area contributed by atoms with Crippen molar-refractivity contribution in [3.63, 3.8) is 0 Å². The standard InChI is InChI=1S/C15H18Cl2N2O/c1-9(16)15-18-11-7-6-10(17)8-13(11)19(15)12-4-3-5-14(12)20-2/h6-9,12,14H,3-5H2,1-2H3. The number of alkyl halides is 1. The molecule has 1 heterocycles. The van der Waals surface area contributed by atoms with Gasteiger partial charge in [0.1, 0.15) is 5.82 Å². The first kappa shape index (κ1) is 14.2. The predicted octanol–water partition coefficient (Wildman–Crippen LogP) is 4.73. The molecule has 0 amide bonds. The minimum atomic E-state index is -0.140. The predicted molar refractivity (Wildman–Crippen MR) is 82.7 cm³/mol. The molecular formula is C15H18Cl2N2O. The van der Waals surface area contributed by atoms with E-state index in [1.165, 1.54) is 6.42 Å². The highest BCUT2D eigenvalue weighted by molar-refractivity contribution is 6.31. The van der Waals surface area contributed by atoms with Crippen molar-refractivity contribution in [2.45, 2.75) is 43.7 Å². The Kier molecular flexibility index (Phi) is 3.93. The van der Waals surface area contributed by atoms with Crippen molar-refractivity contribution in [2.24, 2.45) is 0 Å². The van der Waals surface area contributed by atoms with Crippen molar-refractivity contribution in [1.82, 2.24) is 9.55 Å². The Morgan fingerprint density at radius 3 is 2.90 bits per heavy atom. The van der Waals surface area contributed by atoms with Crippen LogP contribution in [-0.2, 0) is 4.74 Å². The summed E-state index contributed by atoms with van der Waals surface area (Å²) in [6, 6.07) is 6.08. The average Bonchev–Trinajstić information content (AvgIpc) is 3.00. The molecule has 3 unspecified atom stereocenters. The summed E-state index contributed by atoms with van der Waals surface area (Å²) in [5.41, 5.74) is 1.99. The van der Waals surface area contributed by atoms with Crippen LogP contribution in [0.2, 0.25) is 5.02 Å². The van der Waals surface area contributed by atoms with Gasteiger partial charge in [0.05, 0.1) is 28.6 Å². The van der Waals surface area contributed by atoms with Gasteiger partial charge in [0.15, 0.2) is 0 Å². The number of rotatable bonds is 3. The van der Waals surface area contributed by atoms with Crippen LogP contribution in [0.5, 0.6) is 0 Å². The van der Waals surface area contributed by atoms with Crippen LogP contribution >= 0.6 is 23.2 Å². The van der Waals surface area contributed by atoms with E-state index in [9.17, 15) is 0 Å². The molecule has 2 aromatic rings. The molecule has 0 bridgehead atoms. The van der Waals surface area contributed by atoms with Crippen molar-refractivity contribution in [3.8, 4) is 0 Å². The smallest absolute Gasteiger partial charge is 0.128 e. The third-order valence-electron chi connectivity index (χ3n) is 4.09. The zero-order valence-electron chi connectivity index (χ0n) is 11.6. The van der Waals surface area contributed by atoms with Gasteiger partial charge in [-0.15, -0.1) is 11.6 Å². The van der Waals surface area contributed by atoms with E-state index in [4.69, 9.17) is 27.9 Å². The Labute approximate surface area is 128 Å². The van der Waals surface area contributed by atoms with E-state index in [1.807, 2.05) is 25.1 Å².